The van der Waals surface area contributed by atoms with Crippen molar-refractivity contribution in [1.29, 1.82) is 0 Å². The number of hydrogen-bond acceptors (Lipinski definition) is 5. The fourth-order valence-electron chi connectivity index (χ4n) is 2.06. The molecule has 0 atom stereocenters. The number of ether oxygens (including phenoxy) is 2. The molecule has 3 rings (SSSR count). The molecule has 0 radical (unpaired) electrons. The van der Waals surface area contributed by atoms with Crippen LogP contribution in [-0.4, -0.2) is 65.4 Å². The van der Waals surface area contributed by atoms with Crippen LogP contribution >= 0.6 is 0 Å². The molecule has 1 aromatic carbocycles. The summed E-state index contributed by atoms with van der Waals surface area (Å²) < 4.78 is 11.9. The van der Waals surface area contributed by atoms with Gasteiger partial charge in [0.25, 0.3) is 0 Å². The van der Waals surface area contributed by atoms with Crippen LogP contribution in [0.4, 0.5) is 0 Å². The minimum absolute atomic E-state index is 0. The van der Waals surface area contributed by atoms with E-state index in [9.17, 15) is 9.59 Å². The summed E-state index contributed by atoms with van der Waals surface area (Å²) >= 11 is 0. The van der Waals surface area contributed by atoms with E-state index in [1.807, 2.05) is 6.92 Å². The molecule has 0 amide bonds. The number of carboxylic acid groups (broad SMARTS) is 1. The quantitative estimate of drug-likeness (QED) is 0.821. The summed E-state index contributed by atoms with van der Waals surface area (Å²) in [7, 11) is 0. The number of aromatic nitrogens is 2. The SMILES string of the molecule is CCn1nc(C(=O)O)c(=O)c2cc3c(cc21)OCO3.[Ca+2].[H-].[H-]. The van der Waals surface area contributed by atoms with Crippen LogP contribution in [0.5, 0.6) is 11.5 Å². The summed E-state index contributed by atoms with van der Waals surface area (Å²) in [6.45, 7) is 2.34. The van der Waals surface area contributed by atoms with E-state index in [1.54, 1.807) is 6.07 Å². The van der Waals surface area contributed by atoms with Gasteiger partial charge in [0.2, 0.25) is 17.9 Å². The van der Waals surface area contributed by atoms with E-state index in [0.717, 1.165) is 0 Å². The maximum absolute atomic E-state index is 12.1. The molecule has 1 aliphatic rings. The van der Waals surface area contributed by atoms with E-state index in [0.29, 0.717) is 23.6 Å². The van der Waals surface area contributed by atoms with Crippen molar-refractivity contribution in [3.05, 3.63) is 28.0 Å². The van der Waals surface area contributed by atoms with Gasteiger partial charge in [-0.1, -0.05) is 0 Å². The van der Waals surface area contributed by atoms with Crippen molar-refractivity contribution in [3.63, 3.8) is 0 Å². The zero-order valence-electron chi connectivity index (χ0n) is 12.8. The van der Waals surface area contributed by atoms with Crippen molar-refractivity contribution in [1.82, 2.24) is 9.78 Å². The van der Waals surface area contributed by atoms with Crippen LogP contribution < -0.4 is 14.9 Å². The number of aryl methyl sites for hydroxylation is 1. The molecule has 1 N–H and O–H groups in total. The van der Waals surface area contributed by atoms with E-state index in [2.05, 4.69) is 5.10 Å². The zero-order chi connectivity index (χ0) is 13.6. The number of nitrogens with zero attached hydrogens (tertiary/aromatic N) is 2. The maximum Gasteiger partial charge on any atom is 2.00 e. The van der Waals surface area contributed by atoms with Gasteiger partial charge in [-0.15, -0.1) is 0 Å². The molecule has 1 aromatic heterocycles. The van der Waals surface area contributed by atoms with Gasteiger partial charge in [-0.25, -0.2) is 4.79 Å². The van der Waals surface area contributed by atoms with Crippen molar-refractivity contribution in [2.45, 2.75) is 13.5 Å². The second kappa shape index (κ2) is 5.59. The minimum Gasteiger partial charge on any atom is -1.00 e. The van der Waals surface area contributed by atoms with Crippen LogP contribution in [0, 0.1) is 0 Å². The van der Waals surface area contributed by atoms with Crippen LogP contribution in [0.3, 0.4) is 0 Å². The number of benzene rings is 1. The van der Waals surface area contributed by atoms with E-state index >= 15 is 0 Å². The molecule has 1 aliphatic heterocycles. The van der Waals surface area contributed by atoms with Gasteiger partial charge in [0.15, 0.2) is 11.5 Å². The fourth-order valence-corrected chi connectivity index (χ4v) is 2.06. The first-order chi connectivity index (χ1) is 9.11. The van der Waals surface area contributed by atoms with Crippen LogP contribution in [0.15, 0.2) is 16.9 Å². The molecule has 0 bridgehead atoms. The number of aromatic carboxylic acids is 1. The van der Waals surface area contributed by atoms with Crippen molar-refractivity contribution in [2.75, 3.05) is 6.79 Å². The molecule has 0 spiro atoms. The monoisotopic (exact) mass is 304 g/mol. The van der Waals surface area contributed by atoms with Crippen LogP contribution in [-0.2, 0) is 6.54 Å². The maximum atomic E-state index is 12.1. The molecule has 0 fully saturated rings. The molecule has 0 aliphatic carbocycles. The van der Waals surface area contributed by atoms with E-state index in [4.69, 9.17) is 14.6 Å². The Morgan fingerprint density at radius 1 is 1.45 bits per heavy atom. The molecule has 0 saturated heterocycles. The Balaban J connectivity index is 0.00000147. The third kappa shape index (κ3) is 2.25. The first kappa shape index (κ1) is 15.1. The van der Waals surface area contributed by atoms with Crippen LogP contribution in [0.2, 0.25) is 0 Å². The molecule has 2 heterocycles. The summed E-state index contributed by atoms with van der Waals surface area (Å²) in [6, 6.07) is 3.14. The smallest absolute Gasteiger partial charge is 1.00 e. The Kier molecular flexibility index (Phi) is 4.22. The zero-order valence-corrected chi connectivity index (χ0v) is 13.0. The second-order valence-electron chi connectivity index (χ2n) is 4.02. The predicted octanol–water partition coefficient (Wildman–Crippen LogP) is 0.687. The molecule has 20 heavy (non-hydrogen) atoms. The van der Waals surface area contributed by atoms with Crippen LogP contribution in [0.1, 0.15) is 20.3 Å². The van der Waals surface area contributed by atoms with Crippen LogP contribution in [0.25, 0.3) is 10.9 Å². The molecular weight excluding hydrogens is 292 g/mol. The second-order valence-corrected chi connectivity index (χ2v) is 4.02. The first-order valence-corrected chi connectivity index (χ1v) is 5.69. The number of carbonyl (C=O) groups is 1. The van der Waals surface area contributed by atoms with Gasteiger partial charge in [-0.2, -0.15) is 5.10 Å². The van der Waals surface area contributed by atoms with Gasteiger partial charge in [0, 0.05) is 12.6 Å². The minimum atomic E-state index is -1.34. The molecule has 8 heteroatoms. The Morgan fingerprint density at radius 2 is 2.10 bits per heavy atom. The molecule has 2 aromatic rings. The van der Waals surface area contributed by atoms with Gasteiger partial charge < -0.3 is 17.4 Å². The van der Waals surface area contributed by atoms with Gasteiger partial charge in [0.1, 0.15) is 0 Å². The van der Waals surface area contributed by atoms with E-state index < -0.39 is 17.1 Å². The Bertz CT molecular complexity index is 765. The Labute approximate surface area is 146 Å². The fraction of sp³-hybridized carbons (Fsp3) is 0.250. The number of rotatable bonds is 2. The van der Waals surface area contributed by atoms with Crippen molar-refractivity contribution < 1.29 is 22.2 Å². The average Bonchev–Trinajstić information content (AvgIpc) is 2.84. The normalized spacial score (nSPS) is 12.2. The third-order valence-corrected chi connectivity index (χ3v) is 2.95. The van der Waals surface area contributed by atoms with Gasteiger partial charge in [0.05, 0.1) is 10.9 Å². The van der Waals surface area contributed by atoms with E-state index in [1.165, 1.54) is 10.7 Å². The number of carboxylic acids is 1. The summed E-state index contributed by atoms with van der Waals surface area (Å²) in [4.78, 5) is 23.1. The summed E-state index contributed by atoms with van der Waals surface area (Å²) in [5, 5.41) is 13.1. The van der Waals surface area contributed by atoms with Gasteiger partial charge in [-0.3, -0.25) is 9.48 Å². The Hall–Kier alpha value is -1.31. The topological polar surface area (TPSA) is 90.7 Å². The molecule has 0 unspecified atom stereocenters. The Morgan fingerprint density at radius 3 is 2.70 bits per heavy atom. The number of fused-ring (bicyclic) bond motifs is 2. The number of hydrogen-bond donors (Lipinski definition) is 1. The molecule has 7 nitrogen and oxygen atoms in total. The third-order valence-electron chi connectivity index (χ3n) is 2.95. The summed E-state index contributed by atoms with van der Waals surface area (Å²) in [5.74, 6) is -0.375. The molecule has 102 valence electrons. The molecule has 0 saturated carbocycles. The standard InChI is InChI=1S/C12H10N2O5.Ca.2H/c1-2-14-7-4-9-8(18-5-19-9)3-6(7)11(15)10(13-14)12(16)17;;;/h3-4H,2,5H2,1H3,(H,16,17);;;/q;+2;2*-1. The van der Waals surface area contributed by atoms with E-state index in [-0.39, 0.29) is 52.8 Å². The largest absolute Gasteiger partial charge is 2.00 e. The van der Waals surface area contributed by atoms with Crippen molar-refractivity contribution in [2.24, 2.45) is 0 Å². The average molecular weight is 304 g/mol. The molecular formula is C12H12CaN2O5. The summed E-state index contributed by atoms with van der Waals surface area (Å²) in [5.41, 5.74) is -0.583. The van der Waals surface area contributed by atoms with Crippen molar-refractivity contribution in [3.8, 4) is 11.5 Å². The first-order valence-electron chi connectivity index (χ1n) is 5.69. The van der Waals surface area contributed by atoms with Crippen molar-refractivity contribution >= 4 is 54.6 Å². The van der Waals surface area contributed by atoms with Gasteiger partial charge >= 0.3 is 43.7 Å². The summed E-state index contributed by atoms with van der Waals surface area (Å²) in [6.07, 6.45) is 0. The predicted molar refractivity (Wildman–Crippen MR) is 72.7 cm³/mol. The van der Waals surface area contributed by atoms with Gasteiger partial charge in [-0.05, 0) is 13.0 Å².